The van der Waals surface area contributed by atoms with Gasteiger partial charge in [-0.2, -0.15) is 5.10 Å². The number of benzene rings is 1. The minimum atomic E-state index is -0.141. The van der Waals surface area contributed by atoms with Crippen LogP contribution in [0.1, 0.15) is 6.92 Å². The van der Waals surface area contributed by atoms with Gasteiger partial charge in [0, 0.05) is 18.0 Å². The number of rotatable bonds is 5. The highest BCUT2D eigenvalue weighted by atomic mass is 16.7. The quantitative estimate of drug-likeness (QED) is 0.781. The van der Waals surface area contributed by atoms with Gasteiger partial charge in [0.25, 0.3) is 0 Å². The Kier molecular flexibility index (Phi) is 3.97. The summed E-state index contributed by atoms with van der Waals surface area (Å²) in [6.07, 6.45) is 1.68. The lowest BCUT2D eigenvalue weighted by Crippen LogP contribution is -2.28. The second kappa shape index (κ2) is 6.07. The highest BCUT2D eigenvalue weighted by molar-refractivity contribution is 5.95. The van der Waals surface area contributed by atoms with E-state index < -0.39 is 0 Å². The molecular formula is C15H18N4O3. The summed E-state index contributed by atoms with van der Waals surface area (Å²) in [6.45, 7) is 2.71. The maximum atomic E-state index is 12.1. The third-order valence-corrected chi connectivity index (χ3v) is 3.53. The molecule has 7 heteroatoms. The third kappa shape index (κ3) is 2.75. The molecule has 1 aliphatic heterocycles. The van der Waals surface area contributed by atoms with Crippen molar-refractivity contribution in [1.29, 1.82) is 0 Å². The lowest BCUT2D eigenvalue weighted by molar-refractivity contribution is -0.119. The van der Waals surface area contributed by atoms with E-state index in [1.165, 1.54) is 0 Å². The molecule has 116 valence electrons. The van der Waals surface area contributed by atoms with Gasteiger partial charge in [-0.3, -0.25) is 9.89 Å². The number of fused-ring (bicyclic) bond motifs is 1. The molecule has 1 aromatic heterocycles. The summed E-state index contributed by atoms with van der Waals surface area (Å²) < 4.78 is 10.7. The largest absolute Gasteiger partial charge is 0.454 e. The Balaban J connectivity index is 1.82. The van der Waals surface area contributed by atoms with E-state index in [9.17, 15) is 4.79 Å². The van der Waals surface area contributed by atoms with Gasteiger partial charge in [-0.1, -0.05) is 13.0 Å². The van der Waals surface area contributed by atoms with Crippen molar-refractivity contribution in [3.8, 4) is 22.6 Å². The SMILES string of the molecule is CNCC(C)C(=O)Nc1[nH]ncc1-c1ccc2c(c1)OCO2. The molecule has 1 aromatic carbocycles. The van der Waals surface area contributed by atoms with Crippen LogP contribution in [0.25, 0.3) is 11.1 Å². The predicted molar refractivity (Wildman–Crippen MR) is 81.9 cm³/mol. The number of nitrogens with one attached hydrogen (secondary N) is 3. The first kappa shape index (κ1) is 14.4. The topological polar surface area (TPSA) is 88.3 Å². The first-order chi connectivity index (χ1) is 10.7. The molecule has 2 heterocycles. The summed E-state index contributed by atoms with van der Waals surface area (Å²) in [5, 5.41) is 12.7. The van der Waals surface area contributed by atoms with E-state index in [1.54, 1.807) is 6.20 Å². The Morgan fingerprint density at radius 2 is 2.23 bits per heavy atom. The summed E-state index contributed by atoms with van der Waals surface area (Å²) in [5.74, 6) is 1.78. The standard InChI is InChI=1S/C15H18N4O3/c1-9(6-16-2)15(20)18-14-11(7-17-19-14)10-3-4-12-13(5-10)22-8-21-12/h3-5,7,9,16H,6,8H2,1-2H3,(H2,17,18,19,20). The molecule has 22 heavy (non-hydrogen) atoms. The second-order valence-corrected chi connectivity index (χ2v) is 5.17. The number of amides is 1. The zero-order chi connectivity index (χ0) is 15.5. The zero-order valence-electron chi connectivity index (χ0n) is 12.5. The van der Waals surface area contributed by atoms with Crippen molar-refractivity contribution in [2.24, 2.45) is 5.92 Å². The average molecular weight is 302 g/mol. The van der Waals surface area contributed by atoms with Crippen LogP contribution in [0.4, 0.5) is 5.82 Å². The van der Waals surface area contributed by atoms with E-state index in [1.807, 2.05) is 32.2 Å². The van der Waals surface area contributed by atoms with E-state index in [2.05, 4.69) is 20.8 Å². The van der Waals surface area contributed by atoms with Crippen LogP contribution < -0.4 is 20.1 Å². The van der Waals surface area contributed by atoms with E-state index in [0.717, 1.165) is 16.9 Å². The van der Waals surface area contributed by atoms with Crippen LogP contribution in [0, 0.1) is 5.92 Å². The average Bonchev–Trinajstić information content (AvgIpc) is 3.15. The van der Waals surface area contributed by atoms with Crippen molar-refractivity contribution in [3.05, 3.63) is 24.4 Å². The van der Waals surface area contributed by atoms with Gasteiger partial charge in [0.05, 0.1) is 6.20 Å². The van der Waals surface area contributed by atoms with Crippen molar-refractivity contribution < 1.29 is 14.3 Å². The fraction of sp³-hybridized carbons (Fsp3) is 0.333. The number of carbonyl (C=O) groups is 1. The monoisotopic (exact) mass is 302 g/mol. The molecule has 0 saturated carbocycles. The number of H-pyrrole nitrogens is 1. The molecular weight excluding hydrogens is 284 g/mol. The lowest BCUT2D eigenvalue weighted by atomic mass is 10.1. The molecule has 3 rings (SSSR count). The highest BCUT2D eigenvalue weighted by Crippen LogP contribution is 2.37. The number of hydrogen-bond donors (Lipinski definition) is 3. The number of aromatic nitrogens is 2. The molecule has 0 spiro atoms. The number of ether oxygens (including phenoxy) is 2. The normalized spacial score (nSPS) is 13.9. The maximum Gasteiger partial charge on any atom is 0.231 e. The van der Waals surface area contributed by atoms with Gasteiger partial charge in [-0.25, -0.2) is 0 Å². The van der Waals surface area contributed by atoms with Crippen LogP contribution in [0.3, 0.4) is 0 Å². The molecule has 1 atom stereocenters. The van der Waals surface area contributed by atoms with E-state index in [-0.39, 0.29) is 18.6 Å². The molecule has 2 aromatic rings. The van der Waals surface area contributed by atoms with Crippen molar-refractivity contribution in [2.45, 2.75) is 6.92 Å². The lowest BCUT2D eigenvalue weighted by Gasteiger charge is -2.11. The number of hydrogen-bond acceptors (Lipinski definition) is 5. The number of anilines is 1. The van der Waals surface area contributed by atoms with Crippen molar-refractivity contribution in [3.63, 3.8) is 0 Å². The molecule has 1 aliphatic rings. The summed E-state index contributed by atoms with van der Waals surface area (Å²) >= 11 is 0. The van der Waals surface area contributed by atoms with Crippen LogP contribution in [0.15, 0.2) is 24.4 Å². The number of carbonyl (C=O) groups excluding carboxylic acids is 1. The molecule has 7 nitrogen and oxygen atoms in total. The maximum absolute atomic E-state index is 12.1. The Morgan fingerprint density at radius 3 is 3.05 bits per heavy atom. The molecule has 0 aliphatic carbocycles. The van der Waals surface area contributed by atoms with Gasteiger partial charge in [0.15, 0.2) is 11.5 Å². The van der Waals surface area contributed by atoms with Crippen LogP contribution in [0.2, 0.25) is 0 Å². The van der Waals surface area contributed by atoms with Crippen LogP contribution >= 0.6 is 0 Å². The molecule has 0 radical (unpaired) electrons. The molecule has 1 amide bonds. The van der Waals surface area contributed by atoms with E-state index >= 15 is 0 Å². The van der Waals surface area contributed by atoms with Crippen molar-refractivity contribution in [2.75, 3.05) is 25.7 Å². The molecule has 1 unspecified atom stereocenters. The first-order valence-electron chi connectivity index (χ1n) is 7.08. The Morgan fingerprint density at radius 1 is 1.41 bits per heavy atom. The molecule has 0 fully saturated rings. The third-order valence-electron chi connectivity index (χ3n) is 3.53. The summed E-state index contributed by atoms with van der Waals surface area (Å²) in [5.41, 5.74) is 1.71. The van der Waals surface area contributed by atoms with Crippen LogP contribution in [-0.4, -0.2) is 36.5 Å². The summed E-state index contributed by atoms with van der Waals surface area (Å²) in [7, 11) is 1.82. The van der Waals surface area contributed by atoms with E-state index in [0.29, 0.717) is 18.1 Å². The number of aromatic amines is 1. The fourth-order valence-electron chi connectivity index (χ4n) is 2.31. The van der Waals surface area contributed by atoms with Crippen molar-refractivity contribution in [1.82, 2.24) is 15.5 Å². The van der Waals surface area contributed by atoms with Crippen molar-refractivity contribution >= 4 is 11.7 Å². The minimum absolute atomic E-state index is 0.0689. The number of nitrogens with zero attached hydrogens (tertiary/aromatic N) is 1. The minimum Gasteiger partial charge on any atom is -0.454 e. The summed E-state index contributed by atoms with van der Waals surface area (Å²) in [4.78, 5) is 12.1. The van der Waals surface area contributed by atoms with Gasteiger partial charge in [-0.15, -0.1) is 0 Å². The van der Waals surface area contributed by atoms with Gasteiger partial charge in [0.2, 0.25) is 12.7 Å². The first-order valence-corrected chi connectivity index (χ1v) is 7.08. The Hall–Kier alpha value is -2.54. The smallest absolute Gasteiger partial charge is 0.231 e. The van der Waals surface area contributed by atoms with Crippen LogP contribution in [-0.2, 0) is 4.79 Å². The highest BCUT2D eigenvalue weighted by Gasteiger charge is 2.18. The molecule has 3 N–H and O–H groups in total. The predicted octanol–water partition coefficient (Wildman–Crippen LogP) is 1.60. The Labute approximate surface area is 128 Å². The van der Waals surface area contributed by atoms with Gasteiger partial charge >= 0.3 is 0 Å². The van der Waals surface area contributed by atoms with Gasteiger partial charge in [-0.05, 0) is 24.7 Å². The summed E-state index contributed by atoms with van der Waals surface area (Å²) in [6, 6.07) is 5.63. The second-order valence-electron chi connectivity index (χ2n) is 5.17. The van der Waals surface area contributed by atoms with Gasteiger partial charge in [0.1, 0.15) is 5.82 Å². The fourth-order valence-corrected chi connectivity index (χ4v) is 2.31. The Bertz CT molecular complexity index is 683. The molecule has 0 bridgehead atoms. The van der Waals surface area contributed by atoms with Crippen LogP contribution in [0.5, 0.6) is 11.5 Å². The van der Waals surface area contributed by atoms with Gasteiger partial charge < -0.3 is 20.1 Å². The molecule has 0 saturated heterocycles. The van der Waals surface area contributed by atoms with E-state index in [4.69, 9.17) is 9.47 Å². The zero-order valence-corrected chi connectivity index (χ0v) is 12.5.